The van der Waals surface area contributed by atoms with Gasteiger partial charge in [0.2, 0.25) is 20.0 Å². The van der Waals surface area contributed by atoms with Gasteiger partial charge in [0.1, 0.15) is 15.7 Å². The third-order valence-corrected chi connectivity index (χ3v) is 19.7. The number of aliphatic hydroxyl groups excluding tert-OH is 1. The van der Waals surface area contributed by atoms with Gasteiger partial charge in [-0.2, -0.15) is 8.42 Å². The summed E-state index contributed by atoms with van der Waals surface area (Å²) in [6.45, 7) is 9.67. The number of piperidine rings is 2. The van der Waals surface area contributed by atoms with Crippen LogP contribution in [0.3, 0.4) is 0 Å². The van der Waals surface area contributed by atoms with E-state index in [-0.39, 0.29) is 77.9 Å². The molecular formula is C53H73N4NaO15S4. The maximum atomic E-state index is 12.3. The van der Waals surface area contributed by atoms with Crippen molar-refractivity contribution in [2.75, 3.05) is 87.4 Å². The van der Waals surface area contributed by atoms with Crippen molar-refractivity contribution in [3.05, 3.63) is 130 Å². The molecule has 4 aliphatic carbocycles. The number of nitrogens with zero attached hydrogens (tertiary/aromatic N) is 1. The molecule has 7 atom stereocenters. The van der Waals surface area contributed by atoms with Crippen molar-refractivity contribution >= 4 is 51.7 Å². The molecule has 19 nitrogen and oxygen atoms in total. The van der Waals surface area contributed by atoms with Crippen LogP contribution in [0.1, 0.15) is 60.1 Å². The van der Waals surface area contributed by atoms with Gasteiger partial charge in [-0.05, 0) is 107 Å². The third kappa shape index (κ3) is 15.1. The first kappa shape index (κ1) is 63.1. The second-order valence-electron chi connectivity index (χ2n) is 21.2. The molecule has 6 aliphatic rings. The second-order valence-corrected chi connectivity index (χ2v) is 27.8. The number of β-amino-alcohol motifs (C(OH)–C–C–N with tert-alkyl or cyclic N) is 1. The molecule has 0 bridgehead atoms. The van der Waals surface area contributed by atoms with Gasteiger partial charge >= 0.3 is 29.6 Å². The molecule has 4 aromatic carbocycles. The third-order valence-electron chi connectivity index (χ3n) is 16.2. The molecule has 77 heavy (non-hydrogen) atoms. The molecule has 0 radical (unpaired) electrons. The first-order chi connectivity index (χ1) is 35.6. The molecule has 420 valence electrons. The normalized spacial score (nSPS) is 25.5. The Kier molecular flexibility index (Phi) is 20.5. The van der Waals surface area contributed by atoms with Crippen molar-refractivity contribution < 1.29 is 97.1 Å². The predicted octanol–water partition coefficient (Wildman–Crippen LogP) is 0.274. The Morgan fingerprint density at radius 1 is 0.649 bits per heavy atom. The number of benzene rings is 4. The Hall–Kier alpha value is -3.08. The van der Waals surface area contributed by atoms with Gasteiger partial charge in [-0.3, -0.25) is 18.9 Å². The fourth-order valence-corrected chi connectivity index (χ4v) is 15.4. The SMILES string of the molecule is CCC1(c2cccc(NS(=O)(=O)CCOC)c2)[C@@H]2CN(CC3(O)Cc4ccccc4C3)C[C@@H]21.CCC1(c2cccc(NS(=O)(=O)CCOC)c2)[C@@H]2CNC[C@@H]21.CS(=O)(=O)O.O=S(=O)([O-])C(O)C1(O)Cc2ccccc2C1.[Na+]. The molecule has 2 saturated carbocycles. The zero-order valence-electron chi connectivity index (χ0n) is 44.6. The van der Waals surface area contributed by atoms with E-state index in [1.807, 2.05) is 36.4 Å². The smallest absolute Gasteiger partial charge is 0.746 e. The minimum absolute atomic E-state index is 0. The Morgan fingerprint density at radius 2 is 1.03 bits per heavy atom. The van der Waals surface area contributed by atoms with Crippen LogP contribution in [0.25, 0.3) is 0 Å². The number of rotatable bonds is 18. The summed E-state index contributed by atoms with van der Waals surface area (Å²) in [7, 11) is -12.4. The van der Waals surface area contributed by atoms with E-state index in [0.717, 1.165) is 63.0 Å². The molecule has 0 spiro atoms. The molecule has 3 unspecified atom stereocenters. The molecule has 24 heteroatoms. The molecule has 2 heterocycles. The Balaban J connectivity index is 0.000000189. The van der Waals surface area contributed by atoms with E-state index in [4.69, 9.17) is 14.0 Å². The van der Waals surface area contributed by atoms with Crippen LogP contribution in [0.15, 0.2) is 97.1 Å². The molecular weight excluding hydrogens is 1080 g/mol. The van der Waals surface area contributed by atoms with Crippen LogP contribution >= 0.6 is 0 Å². The fraction of sp³-hybridized carbons (Fsp3) is 0.547. The van der Waals surface area contributed by atoms with Gasteiger partial charge < -0.3 is 34.7 Å². The number of hydrogen-bond donors (Lipinski definition) is 7. The van der Waals surface area contributed by atoms with Crippen molar-refractivity contribution in [2.45, 2.75) is 79.8 Å². The number of nitrogens with one attached hydrogen (secondary N) is 3. The Morgan fingerprint density at radius 3 is 1.39 bits per heavy atom. The van der Waals surface area contributed by atoms with Crippen molar-refractivity contribution in [2.24, 2.45) is 23.7 Å². The maximum absolute atomic E-state index is 12.3. The Labute approximate surface area is 476 Å². The maximum Gasteiger partial charge on any atom is 1.00 e. The Bertz CT molecular complexity index is 3070. The average Bonchev–Trinajstić information content (AvgIpc) is 3.85. The van der Waals surface area contributed by atoms with Crippen LogP contribution in [0.2, 0.25) is 0 Å². The monoisotopic (exact) mass is 1160 g/mol. The van der Waals surface area contributed by atoms with E-state index in [1.165, 1.54) is 36.5 Å². The zero-order chi connectivity index (χ0) is 55.5. The van der Waals surface area contributed by atoms with E-state index in [2.05, 4.69) is 69.9 Å². The number of hydrogen-bond acceptors (Lipinski definition) is 16. The first-order valence-electron chi connectivity index (χ1n) is 25.4. The van der Waals surface area contributed by atoms with Crippen LogP contribution in [0.5, 0.6) is 0 Å². The summed E-state index contributed by atoms with van der Waals surface area (Å²) in [4.78, 5) is 2.44. The van der Waals surface area contributed by atoms with E-state index < -0.39 is 56.9 Å². The number of aliphatic hydroxyl groups is 3. The van der Waals surface area contributed by atoms with Gasteiger partial charge in [-0.15, -0.1) is 0 Å². The summed E-state index contributed by atoms with van der Waals surface area (Å²) < 4.78 is 122. The largest absolute Gasteiger partial charge is 1.00 e. The van der Waals surface area contributed by atoms with Gasteiger partial charge in [0.05, 0.1) is 36.6 Å². The summed E-state index contributed by atoms with van der Waals surface area (Å²) >= 11 is 0. The van der Waals surface area contributed by atoms with Gasteiger partial charge in [-0.25, -0.2) is 25.3 Å². The van der Waals surface area contributed by atoms with Gasteiger partial charge in [0.15, 0.2) is 5.44 Å². The van der Waals surface area contributed by atoms with Crippen LogP contribution in [-0.2, 0) is 86.3 Å². The molecule has 7 N–H and O–H groups in total. The standard InChI is InChI=1S/C26H34N2O4S.C16H24N2O3S.C10H12O5S.CH4O3S.Na/c1-3-26(21-9-6-10-22(13-21)27-33(30,31)12-11-32-2)23-16-28(17-24(23)26)18-25(29)14-19-7-4-5-8-20(19)15-25;1-3-16(14-10-17-11-15(14)16)12-5-4-6-13(9-12)18-22(19,20)8-7-21-2;11-9(16(13,14)15)10(12)5-7-3-1-2-4-8(7)6-10;1-5(2,3)4;/h4-10,13,23-24,27,29H,3,11-12,14-18H2,1-2H3;4-6,9,14-15,17-18H,3,7-8,10-11H2,1-2H3;1-4,9,11-12H,5-6H2,(H,13,14,15);1H3,(H,2,3,4);/q;;;;+1/p-1/t23-,24+,26?;14-,15+,16?;;;. The topological polar surface area (TPSA) is 298 Å². The van der Waals surface area contributed by atoms with E-state index in [1.54, 1.807) is 24.3 Å². The van der Waals surface area contributed by atoms with Crippen LogP contribution in [0, 0.1) is 23.7 Å². The summed E-state index contributed by atoms with van der Waals surface area (Å²) in [5.74, 6) is 2.41. The number of ether oxygens (including phenoxy) is 2. The number of sulfonamides is 2. The molecule has 2 aliphatic heterocycles. The number of likely N-dealkylation sites (tertiary alicyclic amines) is 1. The quantitative estimate of drug-likeness (QED) is 0.0520. The molecule has 0 aromatic heterocycles. The summed E-state index contributed by atoms with van der Waals surface area (Å²) in [6, 6.07) is 31.2. The molecule has 4 aromatic rings. The summed E-state index contributed by atoms with van der Waals surface area (Å²) in [5, 5.41) is 34.1. The van der Waals surface area contributed by atoms with Crippen molar-refractivity contribution in [3.8, 4) is 0 Å². The minimum atomic E-state index is -4.91. The molecule has 4 fully saturated rings. The van der Waals surface area contributed by atoms with Crippen molar-refractivity contribution in [1.29, 1.82) is 0 Å². The van der Waals surface area contributed by atoms with E-state index in [0.29, 0.717) is 47.8 Å². The second kappa shape index (κ2) is 25.0. The zero-order valence-corrected chi connectivity index (χ0v) is 49.9. The number of fused-ring (bicyclic) bond motifs is 4. The summed E-state index contributed by atoms with van der Waals surface area (Å²) in [6.07, 6.45) is 4.28. The predicted molar refractivity (Wildman–Crippen MR) is 289 cm³/mol. The van der Waals surface area contributed by atoms with Crippen molar-refractivity contribution in [3.63, 3.8) is 0 Å². The van der Waals surface area contributed by atoms with Crippen LogP contribution < -0.4 is 44.3 Å². The number of anilines is 2. The van der Waals surface area contributed by atoms with Crippen LogP contribution in [-0.4, -0.2) is 158 Å². The summed E-state index contributed by atoms with van der Waals surface area (Å²) in [5.41, 5.74) is 3.31. The van der Waals surface area contributed by atoms with E-state index in [9.17, 15) is 53.5 Å². The average molecular weight is 1160 g/mol. The van der Waals surface area contributed by atoms with Crippen molar-refractivity contribution in [1.82, 2.24) is 10.2 Å². The number of methoxy groups -OCH3 is 2. The first-order valence-corrected chi connectivity index (χ1v) is 32.0. The van der Waals surface area contributed by atoms with Crippen LogP contribution in [0.4, 0.5) is 11.4 Å². The fourth-order valence-electron chi connectivity index (χ4n) is 12.8. The van der Waals surface area contributed by atoms with Gasteiger partial charge in [-0.1, -0.05) is 86.6 Å². The van der Waals surface area contributed by atoms with Gasteiger partial charge in [0, 0.05) is 81.7 Å². The molecule has 10 rings (SSSR count). The molecule has 0 amide bonds. The molecule has 2 saturated heterocycles. The minimum Gasteiger partial charge on any atom is -0.746 e. The van der Waals surface area contributed by atoms with Gasteiger partial charge in [0.25, 0.3) is 10.1 Å². The van der Waals surface area contributed by atoms with E-state index >= 15 is 0 Å².